The van der Waals surface area contributed by atoms with Crippen molar-refractivity contribution in [2.45, 2.75) is 0 Å². The second-order valence-corrected chi connectivity index (χ2v) is 14.4. The van der Waals surface area contributed by atoms with Crippen molar-refractivity contribution in [2.75, 3.05) is 0 Å². The lowest BCUT2D eigenvalue weighted by Crippen LogP contribution is -1.94. The summed E-state index contributed by atoms with van der Waals surface area (Å²) >= 11 is 1.77. The minimum atomic E-state index is 0.736. The Bertz CT molecular complexity index is 3140. The fraction of sp³-hybridized carbons (Fsp3) is 0. The molecule has 0 atom stereocenters. The van der Waals surface area contributed by atoms with E-state index < -0.39 is 0 Å². The zero-order chi connectivity index (χ0) is 34.2. The van der Waals surface area contributed by atoms with Gasteiger partial charge in [-0.25, -0.2) is 9.97 Å². The van der Waals surface area contributed by atoms with Crippen LogP contribution in [0, 0.1) is 0 Å². The third-order valence-electron chi connectivity index (χ3n) is 10.4. The molecule has 0 unspecified atom stereocenters. The van der Waals surface area contributed by atoms with E-state index in [1.54, 1.807) is 11.3 Å². The Labute approximate surface area is 303 Å². The van der Waals surface area contributed by atoms with Gasteiger partial charge in [0, 0.05) is 37.7 Å². The minimum Gasteiger partial charge on any atom is -0.309 e. The molecular formula is C48H29N3S. The first-order valence-electron chi connectivity index (χ1n) is 17.6. The molecule has 242 valence electrons. The number of para-hydroxylation sites is 2. The number of hydrogen-bond acceptors (Lipinski definition) is 3. The van der Waals surface area contributed by atoms with Gasteiger partial charge in [0.05, 0.1) is 26.9 Å². The van der Waals surface area contributed by atoms with E-state index in [-0.39, 0.29) is 0 Å². The van der Waals surface area contributed by atoms with Crippen molar-refractivity contribution >= 4 is 75.0 Å². The average Bonchev–Trinajstić information content (AvgIpc) is 3.76. The van der Waals surface area contributed by atoms with Gasteiger partial charge in [0.2, 0.25) is 0 Å². The number of fused-ring (bicyclic) bond motifs is 9. The molecule has 4 heteroatoms. The summed E-state index contributed by atoms with van der Waals surface area (Å²) in [5, 5.41) is 8.64. The highest BCUT2D eigenvalue weighted by Gasteiger charge is 2.18. The van der Waals surface area contributed by atoms with Gasteiger partial charge in [-0.05, 0) is 75.1 Å². The van der Waals surface area contributed by atoms with E-state index in [0.29, 0.717) is 0 Å². The normalized spacial score (nSPS) is 11.8. The number of benzene rings is 8. The van der Waals surface area contributed by atoms with Crippen LogP contribution in [-0.2, 0) is 0 Å². The Morgan fingerprint density at radius 1 is 0.404 bits per heavy atom. The molecule has 3 nitrogen and oxygen atoms in total. The van der Waals surface area contributed by atoms with Crippen molar-refractivity contribution in [2.24, 2.45) is 0 Å². The monoisotopic (exact) mass is 679 g/mol. The quantitative estimate of drug-likeness (QED) is 0.173. The van der Waals surface area contributed by atoms with E-state index in [9.17, 15) is 0 Å². The highest BCUT2D eigenvalue weighted by Crippen LogP contribution is 2.42. The van der Waals surface area contributed by atoms with Crippen molar-refractivity contribution in [1.29, 1.82) is 0 Å². The molecule has 0 fully saturated rings. The molecule has 11 rings (SSSR count). The van der Waals surface area contributed by atoms with E-state index in [0.717, 1.165) is 49.5 Å². The molecule has 0 radical (unpaired) electrons. The number of aromatic nitrogens is 3. The molecule has 52 heavy (non-hydrogen) atoms. The summed E-state index contributed by atoms with van der Waals surface area (Å²) in [5.74, 6) is 0.736. The van der Waals surface area contributed by atoms with Gasteiger partial charge >= 0.3 is 0 Å². The summed E-state index contributed by atoms with van der Waals surface area (Å²) < 4.78 is 4.68. The zero-order valence-corrected chi connectivity index (χ0v) is 28.8. The van der Waals surface area contributed by atoms with Crippen LogP contribution in [-0.4, -0.2) is 14.5 Å². The standard InChI is InChI=1S/C48H29N3S/c1-2-12-31(13-3-1)48-49-45(35-23-25-38-34(27-35)22-21-30-11-4-5-16-37(30)38)47-46(50-48)41-29-33(24-26-44(41)52-47)32-14-10-15-36(28-32)51-42-19-8-6-17-39(42)40-18-7-9-20-43(40)51/h1-29H. The Morgan fingerprint density at radius 2 is 1.06 bits per heavy atom. The van der Waals surface area contributed by atoms with Gasteiger partial charge in [-0.2, -0.15) is 0 Å². The highest BCUT2D eigenvalue weighted by molar-refractivity contribution is 7.26. The predicted molar refractivity (Wildman–Crippen MR) is 221 cm³/mol. The number of nitrogens with zero attached hydrogens (tertiary/aromatic N) is 3. The van der Waals surface area contributed by atoms with Crippen LogP contribution < -0.4 is 0 Å². The molecule has 8 aromatic carbocycles. The van der Waals surface area contributed by atoms with E-state index in [4.69, 9.17) is 9.97 Å². The summed E-state index contributed by atoms with van der Waals surface area (Å²) in [7, 11) is 0. The number of hydrogen-bond donors (Lipinski definition) is 0. The molecule has 0 saturated heterocycles. The third-order valence-corrected chi connectivity index (χ3v) is 11.5. The zero-order valence-electron chi connectivity index (χ0n) is 28.0. The van der Waals surface area contributed by atoms with Crippen molar-refractivity contribution in [1.82, 2.24) is 14.5 Å². The Morgan fingerprint density at radius 3 is 1.88 bits per heavy atom. The molecule has 3 aromatic heterocycles. The summed E-state index contributed by atoms with van der Waals surface area (Å²) in [4.78, 5) is 10.6. The molecule has 0 bridgehead atoms. The second-order valence-electron chi connectivity index (χ2n) is 13.4. The van der Waals surface area contributed by atoms with Gasteiger partial charge in [-0.15, -0.1) is 11.3 Å². The van der Waals surface area contributed by atoms with E-state index in [2.05, 4.69) is 174 Å². The molecule has 3 heterocycles. The SMILES string of the molecule is c1ccc(-c2nc(-c3ccc4c(ccc5ccccc54)c3)c3sc4ccc(-c5cccc(-n6c7ccccc7c7ccccc76)c5)cc4c3n2)cc1. The fourth-order valence-electron chi connectivity index (χ4n) is 7.92. The van der Waals surface area contributed by atoms with Crippen LogP contribution in [0.4, 0.5) is 0 Å². The molecule has 0 N–H and O–H groups in total. The molecule has 0 aliphatic carbocycles. The van der Waals surface area contributed by atoms with Gasteiger partial charge < -0.3 is 4.57 Å². The third kappa shape index (κ3) is 4.51. The minimum absolute atomic E-state index is 0.736. The largest absolute Gasteiger partial charge is 0.309 e. The van der Waals surface area contributed by atoms with Crippen LogP contribution in [0.2, 0.25) is 0 Å². The Hall–Kier alpha value is -6.62. The van der Waals surface area contributed by atoms with Crippen LogP contribution in [0.1, 0.15) is 0 Å². The molecule has 0 saturated carbocycles. The Balaban J connectivity index is 1.10. The van der Waals surface area contributed by atoms with E-state index >= 15 is 0 Å². The summed E-state index contributed by atoms with van der Waals surface area (Å²) in [5.41, 5.74) is 9.95. The van der Waals surface area contributed by atoms with Crippen molar-refractivity contribution in [3.8, 4) is 39.5 Å². The van der Waals surface area contributed by atoms with Crippen molar-refractivity contribution in [3.05, 3.63) is 176 Å². The van der Waals surface area contributed by atoms with Gasteiger partial charge in [0.25, 0.3) is 0 Å². The van der Waals surface area contributed by atoms with Crippen LogP contribution in [0.3, 0.4) is 0 Å². The summed E-state index contributed by atoms with van der Waals surface area (Å²) in [6, 6.07) is 63.2. The van der Waals surface area contributed by atoms with Gasteiger partial charge in [-0.1, -0.05) is 133 Å². The number of rotatable bonds is 4. The smallest absolute Gasteiger partial charge is 0.160 e. The lowest BCUT2D eigenvalue weighted by atomic mass is 9.99. The average molecular weight is 680 g/mol. The van der Waals surface area contributed by atoms with Gasteiger partial charge in [0.1, 0.15) is 0 Å². The maximum atomic E-state index is 5.28. The summed E-state index contributed by atoms with van der Waals surface area (Å²) in [6.45, 7) is 0. The first-order chi connectivity index (χ1) is 25.8. The lowest BCUT2D eigenvalue weighted by molar-refractivity contribution is 1.18. The first kappa shape index (κ1) is 29.1. The molecule has 0 aliphatic heterocycles. The molecule has 11 aromatic rings. The molecule has 0 aliphatic rings. The topological polar surface area (TPSA) is 30.7 Å². The van der Waals surface area contributed by atoms with Crippen LogP contribution in [0.5, 0.6) is 0 Å². The van der Waals surface area contributed by atoms with E-state index in [1.807, 2.05) is 6.07 Å². The predicted octanol–water partition coefficient (Wildman–Crippen LogP) is 13.2. The second kappa shape index (κ2) is 11.5. The Kier molecular flexibility index (Phi) is 6.42. The first-order valence-corrected chi connectivity index (χ1v) is 18.4. The van der Waals surface area contributed by atoms with Crippen molar-refractivity contribution < 1.29 is 0 Å². The van der Waals surface area contributed by atoms with Crippen LogP contribution in [0.25, 0.3) is 103 Å². The fourth-order valence-corrected chi connectivity index (χ4v) is 9.05. The summed E-state index contributed by atoms with van der Waals surface area (Å²) in [6.07, 6.45) is 0. The van der Waals surface area contributed by atoms with Gasteiger partial charge in [0.15, 0.2) is 5.82 Å². The number of thiophene rings is 1. The molecule has 0 amide bonds. The highest BCUT2D eigenvalue weighted by atomic mass is 32.1. The van der Waals surface area contributed by atoms with Crippen LogP contribution in [0.15, 0.2) is 176 Å². The molecular weight excluding hydrogens is 651 g/mol. The van der Waals surface area contributed by atoms with E-state index in [1.165, 1.54) is 53.6 Å². The van der Waals surface area contributed by atoms with Crippen molar-refractivity contribution in [3.63, 3.8) is 0 Å². The maximum Gasteiger partial charge on any atom is 0.160 e. The van der Waals surface area contributed by atoms with Crippen LogP contribution >= 0.6 is 11.3 Å². The lowest BCUT2D eigenvalue weighted by Gasteiger charge is -2.11. The van der Waals surface area contributed by atoms with Gasteiger partial charge in [-0.3, -0.25) is 0 Å². The molecule has 0 spiro atoms. The maximum absolute atomic E-state index is 5.28.